The van der Waals surface area contributed by atoms with Crippen molar-refractivity contribution in [3.8, 4) is 0 Å². The second-order valence-corrected chi connectivity index (χ2v) is 10.6. The van der Waals surface area contributed by atoms with Crippen molar-refractivity contribution in [2.24, 2.45) is 17.3 Å². The van der Waals surface area contributed by atoms with Crippen LogP contribution in [0.5, 0.6) is 0 Å². The van der Waals surface area contributed by atoms with Gasteiger partial charge in [0, 0.05) is 6.20 Å². The molecule has 0 radical (unpaired) electrons. The van der Waals surface area contributed by atoms with E-state index < -0.39 is 0 Å². The number of amides is 1. The minimum Gasteiger partial charge on any atom is -0.323 e. The molecule has 8 heteroatoms. The van der Waals surface area contributed by atoms with Gasteiger partial charge in [0.1, 0.15) is 6.33 Å². The van der Waals surface area contributed by atoms with E-state index in [2.05, 4.69) is 39.6 Å². The van der Waals surface area contributed by atoms with E-state index in [1.54, 1.807) is 12.5 Å². The molecule has 4 fully saturated rings. The van der Waals surface area contributed by atoms with Gasteiger partial charge in [0.2, 0.25) is 11.2 Å². The summed E-state index contributed by atoms with van der Waals surface area (Å²) in [5.74, 6) is 1.22. The van der Waals surface area contributed by atoms with Crippen molar-refractivity contribution >= 4 is 23.2 Å². The van der Waals surface area contributed by atoms with Crippen LogP contribution >= 0.6 is 11.6 Å². The number of aromatic nitrogens is 5. The van der Waals surface area contributed by atoms with Gasteiger partial charge in [0.05, 0.1) is 29.4 Å². The zero-order valence-electron chi connectivity index (χ0n) is 18.2. The summed E-state index contributed by atoms with van der Waals surface area (Å²) in [6.45, 7) is 2.79. The average Bonchev–Trinajstić information content (AvgIpc) is 3.38. The maximum Gasteiger partial charge on any atom is 0.242 e. The van der Waals surface area contributed by atoms with Crippen molar-refractivity contribution < 1.29 is 4.79 Å². The minimum absolute atomic E-state index is 0.123. The third-order valence-corrected chi connectivity index (χ3v) is 8.12. The molecule has 4 aliphatic carbocycles. The molecule has 3 aromatic rings. The maximum absolute atomic E-state index is 13.6. The number of benzene rings is 1. The van der Waals surface area contributed by atoms with Gasteiger partial charge in [-0.15, -0.1) is 5.10 Å². The lowest BCUT2D eigenvalue weighted by atomic mass is 9.46. The Hall–Kier alpha value is -2.67. The highest BCUT2D eigenvalue weighted by atomic mass is 35.5. The van der Waals surface area contributed by atoms with Gasteiger partial charge in [-0.25, -0.2) is 9.67 Å². The highest BCUT2D eigenvalue weighted by Crippen LogP contribution is 2.64. The summed E-state index contributed by atoms with van der Waals surface area (Å²) in [6.07, 6.45) is 11.5. The van der Waals surface area contributed by atoms with E-state index in [-0.39, 0.29) is 22.1 Å². The first-order chi connectivity index (χ1) is 15.4. The lowest BCUT2D eigenvalue weighted by Crippen LogP contribution is -2.60. The summed E-state index contributed by atoms with van der Waals surface area (Å²) >= 11 is 6.04. The van der Waals surface area contributed by atoms with Crippen LogP contribution in [0.4, 0.5) is 5.69 Å². The number of carbonyl (C=O) groups is 1. The van der Waals surface area contributed by atoms with Gasteiger partial charge in [-0.2, -0.15) is 5.10 Å². The number of aryl methyl sites for hydroxylation is 1. The van der Waals surface area contributed by atoms with E-state index in [1.165, 1.54) is 17.5 Å². The highest BCUT2D eigenvalue weighted by molar-refractivity contribution is 6.28. The van der Waals surface area contributed by atoms with Gasteiger partial charge in [-0.05, 0) is 80.0 Å². The number of nitrogens with zero attached hydrogens (tertiary/aromatic N) is 5. The number of rotatable bonds is 5. The molecule has 32 heavy (non-hydrogen) atoms. The van der Waals surface area contributed by atoms with Crippen LogP contribution in [0.2, 0.25) is 5.28 Å². The first kappa shape index (κ1) is 20.0. The van der Waals surface area contributed by atoms with Gasteiger partial charge in [0.25, 0.3) is 0 Å². The first-order valence-electron chi connectivity index (χ1n) is 11.4. The van der Waals surface area contributed by atoms with E-state index in [0.29, 0.717) is 18.4 Å². The summed E-state index contributed by atoms with van der Waals surface area (Å²) < 4.78 is 3.84. The standard InChI is InChI=1S/C24H27ClN6O/c1-16-4-2-3-5-19(16)12-30-13-20(11-27-30)28-21(32)23-7-17-6-18(8-23)10-24(9-17,14-23)31-15-26-22(25)29-31/h2-5,11,13,15,17-18H,6-10,12,14H2,1H3,(H,28,32). The Kier molecular flexibility index (Phi) is 4.47. The molecule has 4 aliphatic rings. The molecule has 0 spiro atoms. The van der Waals surface area contributed by atoms with Crippen LogP contribution in [0.1, 0.15) is 49.7 Å². The van der Waals surface area contributed by atoms with E-state index in [0.717, 1.165) is 37.8 Å². The maximum atomic E-state index is 13.6. The number of anilines is 1. The molecular formula is C24H27ClN6O. The fourth-order valence-electron chi connectivity index (χ4n) is 6.96. The van der Waals surface area contributed by atoms with Crippen molar-refractivity contribution in [1.29, 1.82) is 0 Å². The van der Waals surface area contributed by atoms with Crippen LogP contribution in [0.15, 0.2) is 43.0 Å². The lowest BCUT2D eigenvalue weighted by Gasteiger charge is -2.60. The van der Waals surface area contributed by atoms with Crippen LogP contribution < -0.4 is 5.32 Å². The van der Waals surface area contributed by atoms with Crippen molar-refractivity contribution in [2.45, 2.75) is 57.5 Å². The van der Waals surface area contributed by atoms with Crippen LogP contribution in [-0.2, 0) is 16.9 Å². The molecule has 1 N–H and O–H groups in total. The Morgan fingerprint density at radius 3 is 2.72 bits per heavy atom. The molecule has 2 aromatic heterocycles. The minimum atomic E-state index is -0.360. The molecule has 1 amide bonds. The number of hydrogen-bond donors (Lipinski definition) is 1. The number of halogens is 1. The van der Waals surface area contributed by atoms with Crippen molar-refractivity contribution in [3.05, 3.63) is 59.4 Å². The summed E-state index contributed by atoms with van der Waals surface area (Å²) in [4.78, 5) is 17.8. The monoisotopic (exact) mass is 450 g/mol. The molecule has 2 unspecified atom stereocenters. The third-order valence-electron chi connectivity index (χ3n) is 7.95. The van der Waals surface area contributed by atoms with Gasteiger partial charge in [0.15, 0.2) is 0 Å². The smallest absolute Gasteiger partial charge is 0.242 e. The molecule has 0 aliphatic heterocycles. The molecule has 7 rings (SSSR count). The Balaban J connectivity index is 1.22. The van der Waals surface area contributed by atoms with E-state index >= 15 is 0 Å². The SMILES string of the molecule is Cc1ccccc1Cn1cc(NC(=O)C23CC4CC(C2)CC(n2cnc(Cl)n2)(C4)C3)cn1. The van der Waals surface area contributed by atoms with Gasteiger partial charge < -0.3 is 5.32 Å². The lowest BCUT2D eigenvalue weighted by molar-refractivity contribution is -0.150. The van der Waals surface area contributed by atoms with Crippen LogP contribution in [0.3, 0.4) is 0 Å². The number of carbonyl (C=O) groups excluding carboxylic acids is 1. The predicted octanol–water partition coefficient (Wildman–Crippen LogP) is 4.42. The Morgan fingerprint density at radius 1 is 1.22 bits per heavy atom. The highest BCUT2D eigenvalue weighted by Gasteiger charge is 2.61. The van der Waals surface area contributed by atoms with E-state index in [1.807, 2.05) is 27.7 Å². The van der Waals surface area contributed by atoms with Crippen LogP contribution in [0, 0.1) is 24.2 Å². The molecular weight excluding hydrogens is 424 g/mol. The van der Waals surface area contributed by atoms with Gasteiger partial charge in [-0.3, -0.25) is 9.48 Å². The second-order valence-electron chi connectivity index (χ2n) is 10.2. The normalized spacial score (nSPS) is 30.6. The molecule has 2 heterocycles. The van der Waals surface area contributed by atoms with Crippen LogP contribution in [-0.4, -0.2) is 30.5 Å². The number of hydrogen-bond acceptors (Lipinski definition) is 4. The van der Waals surface area contributed by atoms with Gasteiger partial charge in [-0.1, -0.05) is 24.3 Å². The molecule has 2 atom stereocenters. The zero-order chi connectivity index (χ0) is 21.9. The Bertz CT molecular complexity index is 1170. The fourth-order valence-corrected chi connectivity index (χ4v) is 7.08. The van der Waals surface area contributed by atoms with E-state index in [9.17, 15) is 4.79 Å². The molecule has 0 saturated heterocycles. The average molecular weight is 451 g/mol. The summed E-state index contributed by atoms with van der Waals surface area (Å²) in [5, 5.41) is 12.4. The fraction of sp³-hybridized carbons (Fsp3) is 0.500. The number of nitrogens with one attached hydrogen (secondary N) is 1. The molecule has 4 saturated carbocycles. The zero-order valence-corrected chi connectivity index (χ0v) is 18.9. The van der Waals surface area contributed by atoms with Crippen molar-refractivity contribution in [1.82, 2.24) is 24.5 Å². The van der Waals surface area contributed by atoms with Crippen molar-refractivity contribution in [2.75, 3.05) is 5.32 Å². The molecule has 166 valence electrons. The van der Waals surface area contributed by atoms with Crippen LogP contribution in [0.25, 0.3) is 0 Å². The summed E-state index contributed by atoms with van der Waals surface area (Å²) in [7, 11) is 0. The first-order valence-corrected chi connectivity index (χ1v) is 11.8. The second kappa shape index (κ2) is 7.17. The topological polar surface area (TPSA) is 77.6 Å². The van der Waals surface area contributed by atoms with E-state index in [4.69, 9.17) is 11.6 Å². The molecule has 7 nitrogen and oxygen atoms in total. The molecule has 4 bridgehead atoms. The summed E-state index contributed by atoms with van der Waals surface area (Å²) in [6, 6.07) is 8.30. The molecule has 1 aromatic carbocycles. The largest absolute Gasteiger partial charge is 0.323 e. The Morgan fingerprint density at radius 2 is 2.00 bits per heavy atom. The Labute approximate surface area is 192 Å². The van der Waals surface area contributed by atoms with Crippen molar-refractivity contribution in [3.63, 3.8) is 0 Å². The third kappa shape index (κ3) is 3.25. The predicted molar refractivity (Wildman–Crippen MR) is 121 cm³/mol. The summed E-state index contributed by atoms with van der Waals surface area (Å²) in [5.41, 5.74) is 2.72. The van der Waals surface area contributed by atoms with Gasteiger partial charge >= 0.3 is 0 Å². The quantitative estimate of drug-likeness (QED) is 0.624.